The number of para-hydroxylation sites is 2. The van der Waals surface area contributed by atoms with Crippen molar-refractivity contribution < 1.29 is 9.72 Å². The minimum atomic E-state index is -0.345. The minimum Gasteiger partial charge on any atom is -0.362 e. The number of allylic oxidation sites excluding steroid dienone is 1. The normalized spacial score (nSPS) is 19.9. The molecule has 1 aromatic carbocycles. The number of nitrogens with zero attached hydrogens (tertiary/aromatic N) is 4. The fourth-order valence-corrected chi connectivity index (χ4v) is 3.96. The number of carbonyl (C=O) groups is 1. The molecule has 2 heterocycles. The Labute approximate surface area is 150 Å². The second kappa shape index (κ2) is 7.26. The highest BCUT2D eigenvalue weighted by atomic mass is 32.2. The van der Waals surface area contributed by atoms with Gasteiger partial charge in [-0.15, -0.1) is 0 Å². The van der Waals surface area contributed by atoms with Crippen molar-refractivity contribution in [1.29, 1.82) is 0 Å². The molecule has 8 heteroatoms. The number of rotatable bonds is 3. The first-order chi connectivity index (χ1) is 12.0. The van der Waals surface area contributed by atoms with E-state index in [1.54, 1.807) is 12.1 Å². The Kier molecular flexibility index (Phi) is 5.08. The van der Waals surface area contributed by atoms with Crippen molar-refractivity contribution >= 4 is 34.2 Å². The number of hydrogen-bond acceptors (Lipinski definition) is 6. The molecule has 25 heavy (non-hydrogen) atoms. The summed E-state index contributed by atoms with van der Waals surface area (Å²) in [4.78, 5) is 31.9. The van der Waals surface area contributed by atoms with Crippen LogP contribution in [-0.2, 0) is 4.79 Å². The van der Waals surface area contributed by atoms with Crippen molar-refractivity contribution in [3.63, 3.8) is 0 Å². The van der Waals surface area contributed by atoms with E-state index in [0.717, 1.165) is 22.1 Å². The van der Waals surface area contributed by atoms with E-state index in [9.17, 15) is 14.9 Å². The lowest BCUT2D eigenvalue weighted by atomic mass is 10.2. The second-order valence-corrected chi connectivity index (χ2v) is 6.96. The van der Waals surface area contributed by atoms with Crippen molar-refractivity contribution in [1.82, 2.24) is 4.90 Å². The van der Waals surface area contributed by atoms with E-state index in [4.69, 9.17) is 0 Å². The number of hydrogen-bond donors (Lipinski definition) is 0. The third-order valence-corrected chi connectivity index (χ3v) is 5.73. The lowest BCUT2D eigenvalue weighted by Crippen LogP contribution is -2.48. The van der Waals surface area contributed by atoms with Gasteiger partial charge in [0.15, 0.2) is 5.17 Å². The summed E-state index contributed by atoms with van der Waals surface area (Å²) >= 11 is 1.44. The highest BCUT2D eigenvalue weighted by Crippen LogP contribution is 2.33. The fraction of sp³-hybridized carbons (Fsp3) is 0.412. The van der Waals surface area contributed by atoms with E-state index in [0.29, 0.717) is 31.9 Å². The van der Waals surface area contributed by atoms with Crippen LogP contribution in [0.1, 0.15) is 20.3 Å². The predicted octanol–water partition coefficient (Wildman–Crippen LogP) is 3.03. The minimum absolute atomic E-state index is 0.127. The average molecular weight is 360 g/mol. The summed E-state index contributed by atoms with van der Waals surface area (Å²) in [6.07, 6.45) is 0.836. The van der Waals surface area contributed by atoms with Crippen LogP contribution in [0.5, 0.6) is 0 Å². The van der Waals surface area contributed by atoms with Crippen LogP contribution in [0.3, 0.4) is 0 Å². The number of aliphatic imine (C=N–C) groups is 1. The van der Waals surface area contributed by atoms with Gasteiger partial charge in [-0.2, -0.15) is 4.99 Å². The Morgan fingerprint density at radius 2 is 1.88 bits per heavy atom. The largest absolute Gasteiger partial charge is 0.362 e. The summed E-state index contributed by atoms with van der Waals surface area (Å²) in [5.74, 6) is -0.152. The highest BCUT2D eigenvalue weighted by molar-refractivity contribution is 8.18. The lowest BCUT2D eigenvalue weighted by Gasteiger charge is -2.36. The van der Waals surface area contributed by atoms with Gasteiger partial charge in [-0.1, -0.05) is 24.6 Å². The Bertz CT molecular complexity index is 767. The molecule has 0 radical (unpaired) electrons. The van der Waals surface area contributed by atoms with Gasteiger partial charge in [0, 0.05) is 32.2 Å². The van der Waals surface area contributed by atoms with Crippen molar-refractivity contribution in [3.8, 4) is 0 Å². The van der Waals surface area contributed by atoms with Gasteiger partial charge in [0.1, 0.15) is 5.69 Å². The maximum absolute atomic E-state index is 12.1. The number of amidine groups is 1. The zero-order chi connectivity index (χ0) is 18.0. The predicted molar refractivity (Wildman–Crippen MR) is 99.9 cm³/mol. The molecule has 2 aliphatic rings. The molecule has 2 aliphatic heterocycles. The molecule has 0 atom stereocenters. The van der Waals surface area contributed by atoms with E-state index in [-0.39, 0.29) is 16.5 Å². The van der Waals surface area contributed by atoms with Crippen LogP contribution >= 0.6 is 11.8 Å². The molecule has 1 fully saturated rings. The van der Waals surface area contributed by atoms with Crippen LogP contribution in [0.2, 0.25) is 0 Å². The van der Waals surface area contributed by atoms with Crippen LogP contribution in [0.4, 0.5) is 11.4 Å². The van der Waals surface area contributed by atoms with E-state index in [1.165, 1.54) is 17.8 Å². The summed E-state index contributed by atoms with van der Waals surface area (Å²) < 4.78 is 0. The molecule has 0 bridgehead atoms. The molecule has 0 saturated carbocycles. The summed E-state index contributed by atoms with van der Waals surface area (Å²) in [6.45, 7) is 6.67. The van der Waals surface area contributed by atoms with Crippen molar-refractivity contribution in [2.24, 2.45) is 4.99 Å². The zero-order valence-electron chi connectivity index (χ0n) is 14.3. The monoisotopic (exact) mass is 360 g/mol. The van der Waals surface area contributed by atoms with E-state index < -0.39 is 0 Å². The lowest BCUT2D eigenvalue weighted by molar-refractivity contribution is -0.384. The number of amides is 1. The smallest absolute Gasteiger partial charge is 0.292 e. The van der Waals surface area contributed by atoms with Crippen LogP contribution < -0.4 is 4.90 Å². The fourth-order valence-electron chi connectivity index (χ4n) is 2.89. The number of nitro groups is 1. The standard InChI is InChI=1S/C17H20N4O3S/c1-3-12(2)15-16(22)18-17(25-15)20-10-8-19(9-11-20)13-6-4-5-7-14(13)21(23)24/h4-7H,3,8-11H2,1-2H3/b15-12+. The molecule has 1 amide bonds. The molecule has 0 unspecified atom stereocenters. The number of nitro benzene ring substituents is 1. The first-order valence-electron chi connectivity index (χ1n) is 8.25. The molecule has 0 N–H and O–H groups in total. The van der Waals surface area contributed by atoms with Gasteiger partial charge in [-0.05, 0) is 31.2 Å². The Hall–Kier alpha value is -2.35. The third-order valence-electron chi connectivity index (χ3n) is 4.47. The van der Waals surface area contributed by atoms with Gasteiger partial charge in [0.2, 0.25) is 0 Å². The van der Waals surface area contributed by atoms with Gasteiger partial charge < -0.3 is 9.80 Å². The van der Waals surface area contributed by atoms with Gasteiger partial charge in [-0.3, -0.25) is 14.9 Å². The van der Waals surface area contributed by atoms with Gasteiger partial charge >= 0.3 is 0 Å². The summed E-state index contributed by atoms with van der Waals surface area (Å²) in [5, 5.41) is 12.0. The topological polar surface area (TPSA) is 79.1 Å². The highest BCUT2D eigenvalue weighted by Gasteiger charge is 2.30. The third kappa shape index (κ3) is 3.53. The van der Waals surface area contributed by atoms with Gasteiger partial charge in [0.25, 0.3) is 11.6 Å². The summed E-state index contributed by atoms with van der Waals surface area (Å²) in [7, 11) is 0. The molecule has 1 saturated heterocycles. The SMILES string of the molecule is CC/C(C)=C1/SC(N2CCN(c3ccccc3[N+](=O)[O-])CC2)=NC1=O. The van der Waals surface area contributed by atoms with Crippen LogP contribution in [0, 0.1) is 10.1 Å². The molecule has 1 aromatic rings. The number of benzene rings is 1. The van der Waals surface area contributed by atoms with Gasteiger partial charge in [-0.25, -0.2) is 0 Å². The summed E-state index contributed by atoms with van der Waals surface area (Å²) in [6, 6.07) is 6.80. The molecule has 0 spiro atoms. The van der Waals surface area contributed by atoms with Gasteiger partial charge in [0.05, 0.1) is 9.83 Å². The Morgan fingerprint density at radius 3 is 2.52 bits per heavy atom. The first kappa shape index (κ1) is 17.5. The van der Waals surface area contributed by atoms with E-state index in [2.05, 4.69) is 9.89 Å². The van der Waals surface area contributed by atoms with E-state index >= 15 is 0 Å². The number of carbonyl (C=O) groups excluding carboxylic acids is 1. The van der Waals surface area contributed by atoms with Crippen molar-refractivity contribution in [2.45, 2.75) is 20.3 Å². The van der Waals surface area contributed by atoms with Crippen LogP contribution in [-0.4, -0.2) is 47.1 Å². The molecule has 0 aromatic heterocycles. The number of piperazine rings is 1. The molecule has 132 valence electrons. The van der Waals surface area contributed by atoms with Crippen LogP contribution in [0.15, 0.2) is 39.7 Å². The first-order valence-corrected chi connectivity index (χ1v) is 9.06. The van der Waals surface area contributed by atoms with Crippen molar-refractivity contribution in [3.05, 3.63) is 44.9 Å². The zero-order valence-corrected chi connectivity index (χ0v) is 15.1. The maximum atomic E-state index is 12.1. The Morgan fingerprint density at radius 1 is 1.24 bits per heavy atom. The molecule has 7 nitrogen and oxygen atoms in total. The van der Waals surface area contributed by atoms with Crippen molar-refractivity contribution in [2.75, 3.05) is 31.1 Å². The van der Waals surface area contributed by atoms with E-state index in [1.807, 2.05) is 24.8 Å². The Balaban J connectivity index is 1.69. The molecule has 3 rings (SSSR count). The maximum Gasteiger partial charge on any atom is 0.292 e. The molecule has 0 aliphatic carbocycles. The summed E-state index contributed by atoms with van der Waals surface area (Å²) in [5.41, 5.74) is 1.83. The molecular formula is C17H20N4O3S. The van der Waals surface area contributed by atoms with Crippen LogP contribution in [0.25, 0.3) is 0 Å². The number of anilines is 1. The average Bonchev–Trinajstić information content (AvgIpc) is 3.03. The number of thioether (sulfide) groups is 1. The molecular weight excluding hydrogens is 340 g/mol. The quantitative estimate of drug-likeness (QED) is 0.468. The second-order valence-electron chi connectivity index (χ2n) is 5.98.